The summed E-state index contributed by atoms with van der Waals surface area (Å²) in [7, 11) is 0. The van der Waals surface area contributed by atoms with E-state index in [4.69, 9.17) is 0 Å². The molecule has 0 amide bonds. The lowest BCUT2D eigenvalue weighted by Crippen LogP contribution is -1.88. The molecule has 0 atom stereocenters. The Morgan fingerprint density at radius 3 is 2.60 bits per heavy atom. The molecule has 6 heteroatoms. The van der Waals surface area contributed by atoms with Gasteiger partial charge in [0.1, 0.15) is 0 Å². The van der Waals surface area contributed by atoms with Crippen LogP contribution in [0.3, 0.4) is 0 Å². The van der Waals surface area contributed by atoms with Crippen molar-refractivity contribution in [2.24, 2.45) is 0 Å². The van der Waals surface area contributed by atoms with Crippen LogP contribution in [0.15, 0.2) is 29.0 Å². The van der Waals surface area contributed by atoms with E-state index in [1.165, 1.54) is 12.1 Å². The van der Waals surface area contributed by atoms with Crippen molar-refractivity contribution in [3.63, 3.8) is 0 Å². The van der Waals surface area contributed by atoms with E-state index in [-0.39, 0.29) is 11.5 Å². The van der Waals surface area contributed by atoms with Gasteiger partial charge < -0.3 is 10.2 Å². The van der Waals surface area contributed by atoms with Gasteiger partial charge in [0.25, 0.3) is 0 Å². The van der Waals surface area contributed by atoms with Crippen LogP contribution in [0.2, 0.25) is 0 Å². The number of benzene rings is 1. The summed E-state index contributed by atoms with van der Waals surface area (Å²) in [6.07, 6.45) is 0.721. The molecule has 4 nitrogen and oxygen atoms in total. The van der Waals surface area contributed by atoms with Crippen molar-refractivity contribution in [2.45, 2.75) is 13.3 Å². The fourth-order valence-corrected chi connectivity index (χ4v) is 3.28. The molecule has 102 valence electrons. The summed E-state index contributed by atoms with van der Waals surface area (Å²) in [6.45, 7) is 1.99. The van der Waals surface area contributed by atoms with Gasteiger partial charge in [-0.1, -0.05) is 0 Å². The zero-order valence-electron chi connectivity index (χ0n) is 10.7. The van der Waals surface area contributed by atoms with Gasteiger partial charge in [0.15, 0.2) is 11.5 Å². The molecule has 0 aliphatic rings. The number of hydrogen-bond acceptors (Lipinski definition) is 6. The van der Waals surface area contributed by atoms with Crippen molar-refractivity contribution < 1.29 is 10.2 Å². The molecule has 3 aromatic rings. The monoisotopic (exact) mass is 304 g/mol. The predicted octanol–water partition coefficient (Wildman–Crippen LogP) is 3.58. The lowest BCUT2D eigenvalue weighted by molar-refractivity contribution is 0.404. The Morgan fingerprint density at radius 1 is 1.05 bits per heavy atom. The minimum Gasteiger partial charge on any atom is -0.504 e. The maximum Gasteiger partial charge on any atom is 0.158 e. The van der Waals surface area contributed by atoms with Crippen LogP contribution in [-0.2, 0) is 6.42 Å². The maximum absolute atomic E-state index is 9.52. The van der Waals surface area contributed by atoms with E-state index < -0.39 is 0 Å². The van der Waals surface area contributed by atoms with Gasteiger partial charge in [-0.15, -0.1) is 22.7 Å². The van der Waals surface area contributed by atoms with Crippen LogP contribution in [-0.4, -0.2) is 20.2 Å². The van der Waals surface area contributed by atoms with Crippen molar-refractivity contribution in [1.82, 2.24) is 9.97 Å². The highest BCUT2D eigenvalue weighted by molar-refractivity contribution is 7.10. The summed E-state index contributed by atoms with van der Waals surface area (Å²) in [6, 6.07) is 4.72. The Labute approximate surface area is 124 Å². The smallest absolute Gasteiger partial charge is 0.158 e. The maximum atomic E-state index is 9.52. The van der Waals surface area contributed by atoms with Gasteiger partial charge in [-0.25, -0.2) is 9.97 Å². The molecule has 0 spiro atoms. The number of phenols is 2. The third-order valence-corrected chi connectivity index (χ3v) is 4.49. The van der Waals surface area contributed by atoms with Gasteiger partial charge in [-0.3, -0.25) is 0 Å². The summed E-state index contributed by atoms with van der Waals surface area (Å²) < 4.78 is 0. The van der Waals surface area contributed by atoms with E-state index >= 15 is 0 Å². The van der Waals surface area contributed by atoms with Crippen molar-refractivity contribution in [3.8, 4) is 22.8 Å². The van der Waals surface area contributed by atoms with Crippen LogP contribution < -0.4 is 0 Å². The first-order chi connectivity index (χ1) is 9.61. The number of aromatic nitrogens is 2. The van der Waals surface area contributed by atoms with Crippen LogP contribution in [0.5, 0.6) is 11.5 Å². The van der Waals surface area contributed by atoms with E-state index in [0.29, 0.717) is 0 Å². The van der Waals surface area contributed by atoms with Gasteiger partial charge >= 0.3 is 0 Å². The SMILES string of the molecule is Cc1nc(Cc2nc(-c3ccc(O)c(O)c3)cs2)cs1. The topological polar surface area (TPSA) is 66.2 Å². The number of hydrogen-bond donors (Lipinski definition) is 2. The average Bonchev–Trinajstić information content (AvgIpc) is 3.03. The zero-order chi connectivity index (χ0) is 14.1. The molecule has 0 saturated carbocycles. The third kappa shape index (κ3) is 2.66. The second kappa shape index (κ2) is 5.22. The van der Waals surface area contributed by atoms with E-state index in [0.717, 1.165) is 33.4 Å². The number of rotatable bonds is 3. The van der Waals surface area contributed by atoms with Crippen LogP contribution in [0.4, 0.5) is 0 Å². The number of phenolic OH excluding ortho intramolecular Hbond substituents is 2. The highest BCUT2D eigenvalue weighted by atomic mass is 32.1. The second-order valence-corrected chi connectivity index (χ2v) is 6.37. The molecule has 0 fully saturated rings. The molecule has 0 bridgehead atoms. The average molecular weight is 304 g/mol. The molecule has 0 unspecified atom stereocenters. The Balaban J connectivity index is 1.84. The molecule has 3 rings (SSSR count). The zero-order valence-corrected chi connectivity index (χ0v) is 12.3. The van der Waals surface area contributed by atoms with Gasteiger partial charge in [0.2, 0.25) is 0 Å². The minimum absolute atomic E-state index is 0.123. The Hall–Kier alpha value is -1.92. The molecule has 2 heterocycles. The first-order valence-electron chi connectivity index (χ1n) is 5.99. The predicted molar refractivity (Wildman–Crippen MR) is 80.5 cm³/mol. The molecule has 2 N–H and O–H groups in total. The van der Waals surface area contributed by atoms with Crippen LogP contribution >= 0.6 is 22.7 Å². The Bertz CT molecular complexity index is 749. The number of aromatic hydroxyl groups is 2. The summed E-state index contributed by atoms with van der Waals surface area (Å²) in [4.78, 5) is 8.97. The molecule has 0 saturated heterocycles. The fraction of sp³-hybridized carbons (Fsp3) is 0.143. The number of thiazole rings is 2. The summed E-state index contributed by atoms with van der Waals surface area (Å²) in [5.41, 5.74) is 2.62. The van der Waals surface area contributed by atoms with Gasteiger partial charge in [-0.05, 0) is 25.1 Å². The largest absolute Gasteiger partial charge is 0.504 e. The highest BCUT2D eigenvalue weighted by Crippen LogP contribution is 2.31. The molecule has 2 aromatic heterocycles. The minimum atomic E-state index is -0.132. The summed E-state index contributed by atoms with van der Waals surface area (Å²) >= 11 is 3.20. The van der Waals surface area contributed by atoms with Crippen LogP contribution in [0.25, 0.3) is 11.3 Å². The lowest BCUT2D eigenvalue weighted by atomic mass is 10.1. The summed E-state index contributed by atoms with van der Waals surface area (Å²) in [5, 5.41) is 24.9. The third-order valence-electron chi connectivity index (χ3n) is 2.82. The molecule has 0 radical (unpaired) electrons. The quantitative estimate of drug-likeness (QED) is 0.726. The Kier molecular flexibility index (Phi) is 3.42. The van der Waals surface area contributed by atoms with Crippen LogP contribution in [0.1, 0.15) is 15.7 Å². The van der Waals surface area contributed by atoms with E-state index in [1.54, 1.807) is 28.7 Å². The number of aryl methyl sites for hydroxylation is 1. The standard InChI is InChI=1S/C14H12N2O2S2/c1-8-15-10(6-19-8)5-14-16-11(7-20-14)9-2-3-12(17)13(18)4-9/h2-4,6-7,17-18H,5H2,1H3. The van der Waals surface area contributed by atoms with Crippen molar-refractivity contribution >= 4 is 22.7 Å². The van der Waals surface area contributed by atoms with Crippen molar-refractivity contribution in [2.75, 3.05) is 0 Å². The van der Waals surface area contributed by atoms with Gasteiger partial charge in [0, 0.05) is 22.7 Å². The first kappa shape index (κ1) is 13.1. The molecule has 0 aliphatic heterocycles. The molecular weight excluding hydrogens is 292 g/mol. The van der Waals surface area contributed by atoms with Gasteiger partial charge in [0.05, 0.1) is 21.4 Å². The molecular formula is C14H12N2O2S2. The Morgan fingerprint density at radius 2 is 1.90 bits per heavy atom. The first-order valence-corrected chi connectivity index (χ1v) is 7.75. The van der Waals surface area contributed by atoms with E-state index in [2.05, 4.69) is 9.97 Å². The molecule has 20 heavy (non-hydrogen) atoms. The van der Waals surface area contributed by atoms with E-state index in [9.17, 15) is 10.2 Å². The van der Waals surface area contributed by atoms with Crippen molar-refractivity contribution in [1.29, 1.82) is 0 Å². The van der Waals surface area contributed by atoms with Crippen molar-refractivity contribution in [3.05, 3.63) is 44.7 Å². The molecule has 1 aromatic carbocycles. The second-order valence-electron chi connectivity index (χ2n) is 4.36. The van der Waals surface area contributed by atoms with E-state index in [1.807, 2.05) is 17.7 Å². The highest BCUT2D eigenvalue weighted by Gasteiger charge is 2.09. The normalized spacial score (nSPS) is 10.8. The summed E-state index contributed by atoms with van der Waals surface area (Å²) in [5.74, 6) is -0.255. The lowest BCUT2D eigenvalue weighted by Gasteiger charge is -2.00. The van der Waals surface area contributed by atoms with Gasteiger partial charge in [-0.2, -0.15) is 0 Å². The molecule has 0 aliphatic carbocycles. The van der Waals surface area contributed by atoms with Crippen LogP contribution in [0, 0.1) is 6.92 Å². The fourth-order valence-electron chi connectivity index (χ4n) is 1.85. The number of nitrogens with zero attached hydrogens (tertiary/aromatic N) is 2.